The number of phenolic OH excluding ortho intramolecular Hbond substituents is 1. The minimum Gasteiger partial charge on any atom is -0.508 e. The smallest absolute Gasteiger partial charge is 0.221 e. The molecule has 27 heavy (non-hydrogen) atoms. The Morgan fingerprint density at radius 1 is 1.07 bits per heavy atom. The van der Waals surface area contributed by atoms with Crippen LogP contribution in [0.25, 0.3) is 0 Å². The molecule has 1 amide bonds. The highest BCUT2D eigenvalue weighted by molar-refractivity contribution is 6.31. The molecule has 1 fully saturated rings. The second-order valence-corrected chi connectivity index (χ2v) is 7.57. The number of piperazine rings is 1. The van der Waals surface area contributed by atoms with Crippen molar-refractivity contribution >= 4 is 23.2 Å². The molecule has 1 saturated heterocycles. The zero-order valence-electron chi connectivity index (χ0n) is 15.8. The summed E-state index contributed by atoms with van der Waals surface area (Å²) in [5.74, 6) is 0.150. The van der Waals surface area contributed by atoms with Crippen molar-refractivity contribution in [3.05, 3.63) is 58.1 Å². The van der Waals surface area contributed by atoms with Gasteiger partial charge in [-0.25, -0.2) is 0 Å². The van der Waals surface area contributed by atoms with E-state index in [0.717, 1.165) is 48.9 Å². The van der Waals surface area contributed by atoms with Crippen LogP contribution in [0.3, 0.4) is 0 Å². The predicted molar refractivity (Wildman–Crippen MR) is 109 cm³/mol. The number of hydrogen-bond donors (Lipinski definition) is 2. The van der Waals surface area contributed by atoms with Gasteiger partial charge in [0.05, 0.1) is 0 Å². The highest BCUT2D eigenvalue weighted by Gasteiger charge is 2.18. The number of carbonyl (C=O) groups is 1. The number of nitrogens with zero attached hydrogens (tertiary/aromatic N) is 2. The summed E-state index contributed by atoms with van der Waals surface area (Å²) >= 11 is 6.23. The van der Waals surface area contributed by atoms with Crippen LogP contribution in [0.15, 0.2) is 36.4 Å². The van der Waals surface area contributed by atoms with E-state index in [1.165, 1.54) is 12.5 Å². The minimum atomic E-state index is -0.114. The average molecular weight is 388 g/mol. The first-order valence-electron chi connectivity index (χ1n) is 9.20. The number of hydrogen-bond acceptors (Lipinski definition) is 4. The molecular weight excluding hydrogens is 362 g/mol. The maximum atomic E-state index is 11.2. The number of aromatic hydroxyl groups is 1. The zero-order valence-corrected chi connectivity index (χ0v) is 16.6. The van der Waals surface area contributed by atoms with Crippen LogP contribution in [0.2, 0.25) is 5.02 Å². The summed E-state index contributed by atoms with van der Waals surface area (Å²) in [6.07, 6.45) is 0. The molecule has 0 unspecified atom stereocenters. The number of rotatable bonds is 5. The average Bonchev–Trinajstić information content (AvgIpc) is 2.62. The third-order valence-electron chi connectivity index (χ3n) is 4.90. The SMILES string of the molecule is CC(=O)Nc1ccc(O)c(CN2CCN(Cc3ccc(C)c(Cl)c3)CC2)c1. The van der Waals surface area contributed by atoms with Crippen LogP contribution in [0.5, 0.6) is 5.75 Å². The molecule has 2 N–H and O–H groups in total. The van der Waals surface area contributed by atoms with Gasteiger partial charge in [0, 0.05) is 62.5 Å². The lowest BCUT2D eigenvalue weighted by atomic mass is 10.1. The molecule has 2 aromatic carbocycles. The fraction of sp³-hybridized carbons (Fsp3) is 0.381. The lowest BCUT2D eigenvalue weighted by molar-refractivity contribution is -0.114. The number of halogens is 1. The van der Waals surface area contributed by atoms with Crippen molar-refractivity contribution in [2.24, 2.45) is 0 Å². The molecular formula is C21H26ClN3O2. The van der Waals surface area contributed by atoms with Crippen LogP contribution in [0.1, 0.15) is 23.6 Å². The molecule has 0 bridgehead atoms. The lowest BCUT2D eigenvalue weighted by Gasteiger charge is -2.35. The van der Waals surface area contributed by atoms with Gasteiger partial charge in [0.25, 0.3) is 0 Å². The molecule has 1 aliphatic rings. The second kappa shape index (κ2) is 8.74. The molecule has 144 valence electrons. The number of phenols is 1. The third-order valence-corrected chi connectivity index (χ3v) is 5.31. The Morgan fingerprint density at radius 3 is 2.37 bits per heavy atom. The first-order chi connectivity index (χ1) is 12.9. The van der Waals surface area contributed by atoms with Gasteiger partial charge in [-0.05, 0) is 42.3 Å². The monoisotopic (exact) mass is 387 g/mol. The molecule has 0 radical (unpaired) electrons. The lowest BCUT2D eigenvalue weighted by Crippen LogP contribution is -2.45. The Labute approximate surface area is 165 Å². The summed E-state index contributed by atoms with van der Waals surface area (Å²) in [6, 6.07) is 11.5. The van der Waals surface area contributed by atoms with E-state index in [4.69, 9.17) is 11.6 Å². The van der Waals surface area contributed by atoms with Crippen molar-refractivity contribution in [1.82, 2.24) is 9.80 Å². The summed E-state index contributed by atoms with van der Waals surface area (Å²) < 4.78 is 0. The highest BCUT2D eigenvalue weighted by Crippen LogP contribution is 2.24. The van der Waals surface area contributed by atoms with Gasteiger partial charge in [-0.2, -0.15) is 0 Å². The first kappa shape index (κ1) is 19.7. The van der Waals surface area contributed by atoms with Crippen LogP contribution in [0.4, 0.5) is 5.69 Å². The molecule has 5 nitrogen and oxygen atoms in total. The normalized spacial score (nSPS) is 15.7. The van der Waals surface area contributed by atoms with Crippen molar-refractivity contribution < 1.29 is 9.90 Å². The summed E-state index contributed by atoms with van der Waals surface area (Å²) in [6.45, 7) is 8.87. The van der Waals surface area contributed by atoms with Crippen LogP contribution < -0.4 is 5.32 Å². The Hall–Kier alpha value is -2.08. The van der Waals surface area contributed by atoms with Gasteiger partial charge in [-0.1, -0.05) is 23.7 Å². The second-order valence-electron chi connectivity index (χ2n) is 7.16. The van der Waals surface area contributed by atoms with Crippen molar-refractivity contribution in [3.8, 4) is 5.75 Å². The zero-order chi connectivity index (χ0) is 19.4. The van der Waals surface area contributed by atoms with Crippen molar-refractivity contribution in [1.29, 1.82) is 0 Å². The van der Waals surface area contributed by atoms with E-state index in [0.29, 0.717) is 12.2 Å². The maximum absolute atomic E-state index is 11.2. The van der Waals surface area contributed by atoms with E-state index >= 15 is 0 Å². The predicted octanol–water partition coefficient (Wildman–Crippen LogP) is 3.63. The number of aryl methyl sites for hydroxylation is 1. The number of anilines is 1. The number of benzene rings is 2. The van der Waals surface area contributed by atoms with E-state index < -0.39 is 0 Å². The molecule has 0 aliphatic carbocycles. The summed E-state index contributed by atoms with van der Waals surface area (Å²) in [5.41, 5.74) is 3.89. The number of nitrogens with one attached hydrogen (secondary N) is 1. The van der Waals surface area contributed by atoms with E-state index in [1.54, 1.807) is 12.1 Å². The van der Waals surface area contributed by atoms with E-state index in [1.807, 2.05) is 13.0 Å². The first-order valence-corrected chi connectivity index (χ1v) is 9.58. The Morgan fingerprint density at radius 2 is 1.74 bits per heavy atom. The van der Waals surface area contributed by atoms with Crippen LogP contribution in [-0.2, 0) is 17.9 Å². The summed E-state index contributed by atoms with van der Waals surface area (Å²) in [5, 5.41) is 13.7. The Bertz CT molecular complexity index is 817. The molecule has 2 aromatic rings. The van der Waals surface area contributed by atoms with Gasteiger partial charge < -0.3 is 10.4 Å². The molecule has 1 aliphatic heterocycles. The standard InChI is InChI=1S/C21H26ClN3O2/c1-15-3-4-17(11-20(15)22)13-24-7-9-25(10-8-24)14-18-12-19(23-16(2)26)5-6-21(18)27/h3-6,11-12,27H,7-10,13-14H2,1-2H3,(H,23,26). The van der Waals surface area contributed by atoms with E-state index in [9.17, 15) is 9.90 Å². The number of carbonyl (C=O) groups excluding carboxylic acids is 1. The summed E-state index contributed by atoms with van der Waals surface area (Å²) in [7, 11) is 0. The largest absolute Gasteiger partial charge is 0.508 e. The third kappa shape index (κ3) is 5.45. The molecule has 6 heteroatoms. The van der Waals surface area contributed by atoms with Crippen molar-refractivity contribution in [2.45, 2.75) is 26.9 Å². The number of amides is 1. The van der Waals surface area contributed by atoms with Crippen LogP contribution >= 0.6 is 11.6 Å². The molecule has 0 saturated carbocycles. The summed E-state index contributed by atoms with van der Waals surface area (Å²) in [4.78, 5) is 16.0. The Balaban J connectivity index is 1.55. The van der Waals surface area contributed by atoms with Crippen molar-refractivity contribution in [3.63, 3.8) is 0 Å². The molecule has 0 aromatic heterocycles. The van der Waals surface area contributed by atoms with Gasteiger partial charge in [-0.15, -0.1) is 0 Å². The fourth-order valence-electron chi connectivity index (χ4n) is 3.33. The van der Waals surface area contributed by atoms with Gasteiger partial charge in [0.1, 0.15) is 5.75 Å². The van der Waals surface area contributed by atoms with Crippen LogP contribution in [0, 0.1) is 6.92 Å². The molecule has 3 rings (SSSR count). The van der Waals surface area contributed by atoms with Gasteiger partial charge in [0.2, 0.25) is 5.91 Å². The fourth-order valence-corrected chi connectivity index (χ4v) is 3.54. The quantitative estimate of drug-likeness (QED) is 0.769. The van der Waals surface area contributed by atoms with Gasteiger partial charge in [-0.3, -0.25) is 14.6 Å². The molecule has 1 heterocycles. The molecule has 0 spiro atoms. The van der Waals surface area contributed by atoms with Crippen molar-refractivity contribution in [2.75, 3.05) is 31.5 Å². The minimum absolute atomic E-state index is 0.114. The van der Waals surface area contributed by atoms with E-state index in [2.05, 4.69) is 33.3 Å². The van der Waals surface area contributed by atoms with Gasteiger partial charge in [0.15, 0.2) is 0 Å². The highest BCUT2D eigenvalue weighted by atomic mass is 35.5. The van der Waals surface area contributed by atoms with Crippen LogP contribution in [-0.4, -0.2) is 47.0 Å². The molecule has 0 atom stereocenters. The van der Waals surface area contributed by atoms with Gasteiger partial charge >= 0.3 is 0 Å². The maximum Gasteiger partial charge on any atom is 0.221 e. The Kier molecular flexibility index (Phi) is 6.37. The topological polar surface area (TPSA) is 55.8 Å². The van der Waals surface area contributed by atoms with E-state index in [-0.39, 0.29) is 11.7 Å².